The predicted octanol–water partition coefficient (Wildman–Crippen LogP) is 2.01. The van der Waals surface area contributed by atoms with Crippen molar-refractivity contribution in [2.45, 2.75) is 13.0 Å². The van der Waals surface area contributed by atoms with E-state index in [2.05, 4.69) is 15.1 Å². The summed E-state index contributed by atoms with van der Waals surface area (Å²) in [6.07, 6.45) is 0.196. The van der Waals surface area contributed by atoms with Gasteiger partial charge in [0.1, 0.15) is 0 Å². The standard InChI is InChI=1S/C9H11Cl2N3O/c1-6-5-14(2-3-15-6)7-4-8(10)12-13-9(7)11/h4,6H,2-3,5H2,1H3. The summed E-state index contributed by atoms with van der Waals surface area (Å²) in [7, 11) is 0. The Kier molecular flexibility index (Phi) is 3.29. The summed E-state index contributed by atoms with van der Waals surface area (Å²) in [6, 6.07) is 1.73. The molecule has 4 nitrogen and oxygen atoms in total. The molecule has 0 N–H and O–H groups in total. The largest absolute Gasteiger partial charge is 0.375 e. The fourth-order valence-corrected chi connectivity index (χ4v) is 1.96. The maximum atomic E-state index is 5.96. The van der Waals surface area contributed by atoms with Crippen LogP contribution in [0.2, 0.25) is 10.3 Å². The van der Waals surface area contributed by atoms with Crippen molar-refractivity contribution in [3.05, 3.63) is 16.4 Å². The van der Waals surface area contributed by atoms with E-state index in [4.69, 9.17) is 27.9 Å². The number of hydrogen-bond acceptors (Lipinski definition) is 4. The van der Waals surface area contributed by atoms with Gasteiger partial charge in [-0.1, -0.05) is 23.2 Å². The van der Waals surface area contributed by atoms with Crippen LogP contribution in [0.15, 0.2) is 6.07 Å². The number of ether oxygens (including phenoxy) is 1. The average molecular weight is 248 g/mol. The highest BCUT2D eigenvalue weighted by Crippen LogP contribution is 2.26. The summed E-state index contributed by atoms with van der Waals surface area (Å²) < 4.78 is 5.45. The number of halogens is 2. The molecule has 1 aromatic rings. The summed E-state index contributed by atoms with van der Waals surface area (Å²) in [5.74, 6) is 0. The van der Waals surface area contributed by atoms with Gasteiger partial charge < -0.3 is 9.64 Å². The highest BCUT2D eigenvalue weighted by atomic mass is 35.5. The van der Waals surface area contributed by atoms with E-state index in [1.54, 1.807) is 6.07 Å². The van der Waals surface area contributed by atoms with E-state index in [1.165, 1.54) is 0 Å². The average Bonchev–Trinajstić information content (AvgIpc) is 2.22. The Morgan fingerprint density at radius 2 is 2.27 bits per heavy atom. The van der Waals surface area contributed by atoms with Crippen molar-refractivity contribution >= 4 is 28.9 Å². The Bertz CT molecular complexity index is 361. The molecule has 0 bridgehead atoms. The molecular weight excluding hydrogens is 237 g/mol. The van der Waals surface area contributed by atoms with Crippen LogP contribution >= 0.6 is 23.2 Å². The molecule has 0 spiro atoms. The van der Waals surface area contributed by atoms with Crippen molar-refractivity contribution in [3.8, 4) is 0 Å². The molecule has 1 aliphatic heterocycles. The van der Waals surface area contributed by atoms with Gasteiger partial charge in [-0.15, -0.1) is 10.2 Å². The first kappa shape index (κ1) is 10.9. The highest BCUT2D eigenvalue weighted by molar-refractivity contribution is 6.33. The molecule has 1 aliphatic rings. The number of aromatic nitrogens is 2. The van der Waals surface area contributed by atoms with Gasteiger partial charge in [-0.25, -0.2) is 0 Å². The lowest BCUT2D eigenvalue weighted by molar-refractivity contribution is 0.0532. The highest BCUT2D eigenvalue weighted by Gasteiger charge is 2.20. The minimum Gasteiger partial charge on any atom is -0.375 e. The lowest BCUT2D eigenvalue weighted by Crippen LogP contribution is -2.41. The molecule has 0 saturated carbocycles. The second-order valence-corrected chi connectivity index (χ2v) is 4.22. The summed E-state index contributed by atoms with van der Waals surface area (Å²) in [5, 5.41) is 8.20. The number of anilines is 1. The lowest BCUT2D eigenvalue weighted by atomic mass is 10.3. The number of morpholine rings is 1. The van der Waals surface area contributed by atoms with E-state index in [-0.39, 0.29) is 6.10 Å². The molecule has 2 heterocycles. The van der Waals surface area contributed by atoms with Crippen LogP contribution in [0.5, 0.6) is 0 Å². The molecule has 2 rings (SSSR count). The lowest BCUT2D eigenvalue weighted by Gasteiger charge is -2.32. The Hall–Kier alpha value is -0.580. The Morgan fingerprint density at radius 1 is 1.47 bits per heavy atom. The molecule has 0 radical (unpaired) electrons. The van der Waals surface area contributed by atoms with E-state index >= 15 is 0 Å². The quantitative estimate of drug-likeness (QED) is 0.761. The zero-order valence-corrected chi connectivity index (χ0v) is 9.79. The number of hydrogen-bond donors (Lipinski definition) is 0. The van der Waals surface area contributed by atoms with Crippen LogP contribution in [-0.2, 0) is 4.74 Å². The van der Waals surface area contributed by atoms with Gasteiger partial charge in [-0.2, -0.15) is 0 Å². The summed E-state index contributed by atoms with van der Waals surface area (Å²) >= 11 is 11.7. The molecule has 6 heteroatoms. The van der Waals surface area contributed by atoms with E-state index in [1.807, 2.05) is 6.92 Å². The molecule has 15 heavy (non-hydrogen) atoms. The molecule has 0 aliphatic carbocycles. The molecular formula is C9H11Cl2N3O. The first-order valence-electron chi connectivity index (χ1n) is 4.72. The molecule has 1 unspecified atom stereocenters. The van der Waals surface area contributed by atoms with E-state index in [9.17, 15) is 0 Å². The van der Waals surface area contributed by atoms with E-state index < -0.39 is 0 Å². The Labute approximate surface area is 98.1 Å². The van der Waals surface area contributed by atoms with Gasteiger partial charge in [0.25, 0.3) is 0 Å². The minimum atomic E-state index is 0.196. The minimum absolute atomic E-state index is 0.196. The summed E-state index contributed by atoms with van der Waals surface area (Å²) in [4.78, 5) is 2.11. The van der Waals surface area contributed by atoms with Crippen LogP contribution < -0.4 is 4.90 Å². The van der Waals surface area contributed by atoms with Gasteiger partial charge in [0.2, 0.25) is 0 Å². The third-order valence-corrected chi connectivity index (χ3v) is 2.74. The second kappa shape index (κ2) is 4.51. The van der Waals surface area contributed by atoms with Crippen LogP contribution in [-0.4, -0.2) is 36.0 Å². The van der Waals surface area contributed by atoms with Crippen molar-refractivity contribution in [1.82, 2.24) is 10.2 Å². The third-order valence-electron chi connectivity index (χ3n) is 2.28. The fraction of sp³-hybridized carbons (Fsp3) is 0.556. The van der Waals surface area contributed by atoms with Crippen LogP contribution in [0.25, 0.3) is 0 Å². The number of rotatable bonds is 1. The Morgan fingerprint density at radius 3 is 3.00 bits per heavy atom. The van der Waals surface area contributed by atoms with Crippen molar-refractivity contribution in [1.29, 1.82) is 0 Å². The Balaban J connectivity index is 2.24. The van der Waals surface area contributed by atoms with Crippen LogP contribution in [0, 0.1) is 0 Å². The van der Waals surface area contributed by atoms with Gasteiger partial charge in [-0.3, -0.25) is 0 Å². The zero-order chi connectivity index (χ0) is 10.8. The maximum absolute atomic E-state index is 5.96. The molecule has 0 amide bonds. The first-order valence-corrected chi connectivity index (χ1v) is 5.47. The molecule has 1 aromatic heterocycles. The molecule has 1 saturated heterocycles. The number of nitrogens with zero attached hydrogens (tertiary/aromatic N) is 3. The van der Waals surface area contributed by atoms with Gasteiger partial charge >= 0.3 is 0 Å². The summed E-state index contributed by atoms with van der Waals surface area (Å²) in [6.45, 7) is 4.31. The van der Waals surface area contributed by atoms with Gasteiger partial charge in [0.15, 0.2) is 10.3 Å². The molecule has 0 aromatic carbocycles. The molecule has 1 fully saturated rings. The smallest absolute Gasteiger partial charge is 0.175 e. The SMILES string of the molecule is CC1CN(c2cc(Cl)nnc2Cl)CCO1. The van der Waals surface area contributed by atoms with Crippen LogP contribution in [0.1, 0.15) is 6.92 Å². The molecule has 1 atom stereocenters. The predicted molar refractivity (Wildman–Crippen MR) is 59.7 cm³/mol. The van der Waals surface area contributed by atoms with Gasteiger partial charge in [-0.05, 0) is 6.92 Å². The first-order chi connectivity index (χ1) is 7.16. The maximum Gasteiger partial charge on any atom is 0.175 e. The van der Waals surface area contributed by atoms with Crippen molar-refractivity contribution in [3.63, 3.8) is 0 Å². The third kappa shape index (κ3) is 2.51. The zero-order valence-electron chi connectivity index (χ0n) is 8.28. The summed E-state index contributed by atoms with van der Waals surface area (Å²) in [5.41, 5.74) is 0.826. The van der Waals surface area contributed by atoms with Crippen molar-refractivity contribution in [2.75, 3.05) is 24.6 Å². The van der Waals surface area contributed by atoms with Crippen molar-refractivity contribution in [2.24, 2.45) is 0 Å². The van der Waals surface area contributed by atoms with E-state index in [0.29, 0.717) is 16.9 Å². The molecule has 82 valence electrons. The van der Waals surface area contributed by atoms with E-state index in [0.717, 1.165) is 18.8 Å². The normalized spacial score (nSPS) is 21.8. The van der Waals surface area contributed by atoms with Gasteiger partial charge in [0.05, 0.1) is 18.4 Å². The topological polar surface area (TPSA) is 38.2 Å². The van der Waals surface area contributed by atoms with Crippen molar-refractivity contribution < 1.29 is 4.74 Å². The monoisotopic (exact) mass is 247 g/mol. The van der Waals surface area contributed by atoms with Crippen LogP contribution in [0.3, 0.4) is 0 Å². The fourth-order valence-electron chi connectivity index (χ4n) is 1.60. The van der Waals surface area contributed by atoms with Crippen LogP contribution in [0.4, 0.5) is 5.69 Å². The van der Waals surface area contributed by atoms with Gasteiger partial charge in [0, 0.05) is 19.2 Å². The second-order valence-electron chi connectivity index (χ2n) is 3.47.